The van der Waals surface area contributed by atoms with Gasteiger partial charge in [0.2, 0.25) is 10.0 Å². The van der Waals surface area contributed by atoms with Gasteiger partial charge in [0.1, 0.15) is 11.4 Å². The summed E-state index contributed by atoms with van der Waals surface area (Å²) in [7, 11) is -1.67. The number of nitrogens with two attached hydrogens (primary N) is 1. The number of carboxylic acid groups (broad SMARTS) is 1. The van der Waals surface area contributed by atoms with Crippen LogP contribution in [-0.4, -0.2) is 50.5 Å². The standard InChI is InChI=1S/C11H14N2O6S/c1-13(6-10(14)19-2)20(17,18)9-4-3-7(11(15)16)5-8(9)12/h3-5H,6,12H2,1-2H3,(H,15,16). The number of nitrogen functional groups attached to an aromatic ring is 1. The molecule has 1 aromatic rings. The number of hydrogen-bond donors (Lipinski definition) is 2. The van der Waals surface area contributed by atoms with Gasteiger partial charge in [-0.2, -0.15) is 4.31 Å². The molecule has 110 valence electrons. The van der Waals surface area contributed by atoms with Gasteiger partial charge in [-0.1, -0.05) is 0 Å². The van der Waals surface area contributed by atoms with Gasteiger partial charge in [0.05, 0.1) is 18.4 Å². The van der Waals surface area contributed by atoms with Crippen LogP contribution >= 0.6 is 0 Å². The Labute approximate surface area is 115 Å². The molecular weight excluding hydrogens is 288 g/mol. The molecule has 0 radical (unpaired) electrons. The number of carbonyl (C=O) groups excluding carboxylic acids is 1. The van der Waals surface area contributed by atoms with Gasteiger partial charge in [-0.05, 0) is 18.2 Å². The third-order valence-corrected chi connectivity index (χ3v) is 4.40. The fourth-order valence-corrected chi connectivity index (χ4v) is 2.62. The number of methoxy groups -OCH3 is 1. The van der Waals surface area contributed by atoms with E-state index in [2.05, 4.69) is 4.74 Å². The predicted octanol–water partition coefficient (Wildman–Crippen LogP) is -0.239. The molecule has 0 aromatic heterocycles. The minimum absolute atomic E-state index is 0.128. The number of sulfonamides is 1. The van der Waals surface area contributed by atoms with Gasteiger partial charge in [-0.15, -0.1) is 0 Å². The summed E-state index contributed by atoms with van der Waals surface area (Å²) in [4.78, 5) is 21.6. The van der Waals surface area contributed by atoms with Crippen LogP contribution < -0.4 is 5.73 Å². The maximum absolute atomic E-state index is 12.2. The van der Waals surface area contributed by atoms with Crippen molar-refractivity contribution in [3.63, 3.8) is 0 Å². The van der Waals surface area contributed by atoms with Gasteiger partial charge in [-0.3, -0.25) is 4.79 Å². The number of esters is 1. The topological polar surface area (TPSA) is 127 Å². The zero-order valence-corrected chi connectivity index (χ0v) is 11.7. The molecule has 0 aliphatic heterocycles. The summed E-state index contributed by atoms with van der Waals surface area (Å²) in [6.45, 7) is -0.473. The first-order chi connectivity index (χ1) is 9.20. The van der Waals surface area contributed by atoms with Gasteiger partial charge in [0.15, 0.2) is 0 Å². The highest BCUT2D eigenvalue weighted by Crippen LogP contribution is 2.22. The van der Waals surface area contributed by atoms with E-state index in [9.17, 15) is 18.0 Å². The van der Waals surface area contributed by atoms with Gasteiger partial charge in [0, 0.05) is 7.05 Å². The Hall–Kier alpha value is -2.13. The second kappa shape index (κ2) is 5.88. The number of ether oxygens (including phenoxy) is 1. The highest BCUT2D eigenvalue weighted by Gasteiger charge is 2.25. The van der Waals surface area contributed by atoms with Crippen molar-refractivity contribution in [1.82, 2.24) is 4.31 Å². The predicted molar refractivity (Wildman–Crippen MR) is 69.6 cm³/mol. The molecule has 1 aromatic carbocycles. The van der Waals surface area contributed by atoms with Crippen molar-refractivity contribution in [3.8, 4) is 0 Å². The number of rotatable bonds is 5. The quantitative estimate of drug-likeness (QED) is 0.567. The zero-order valence-electron chi connectivity index (χ0n) is 10.9. The van der Waals surface area contributed by atoms with Gasteiger partial charge in [0.25, 0.3) is 0 Å². The van der Waals surface area contributed by atoms with Crippen LogP contribution in [0.1, 0.15) is 10.4 Å². The van der Waals surface area contributed by atoms with E-state index < -0.39 is 28.5 Å². The van der Waals surface area contributed by atoms with E-state index >= 15 is 0 Å². The molecule has 0 bridgehead atoms. The number of nitrogens with zero attached hydrogens (tertiary/aromatic N) is 1. The molecule has 0 heterocycles. The molecule has 0 saturated heterocycles. The van der Waals surface area contributed by atoms with Crippen LogP contribution in [0.15, 0.2) is 23.1 Å². The maximum atomic E-state index is 12.2. The van der Waals surface area contributed by atoms with Crippen LogP contribution in [-0.2, 0) is 19.6 Å². The van der Waals surface area contributed by atoms with Gasteiger partial charge < -0.3 is 15.6 Å². The van der Waals surface area contributed by atoms with E-state index in [4.69, 9.17) is 10.8 Å². The summed E-state index contributed by atoms with van der Waals surface area (Å²) in [6.07, 6.45) is 0. The Bertz CT molecular complexity index is 640. The zero-order chi connectivity index (χ0) is 15.5. The first-order valence-corrected chi connectivity index (χ1v) is 6.80. The third kappa shape index (κ3) is 3.25. The lowest BCUT2D eigenvalue weighted by atomic mass is 10.2. The molecule has 9 heteroatoms. The van der Waals surface area contributed by atoms with Crippen LogP contribution in [0.5, 0.6) is 0 Å². The minimum Gasteiger partial charge on any atom is -0.478 e. The molecule has 0 fully saturated rings. The van der Waals surface area contributed by atoms with Crippen molar-refractivity contribution in [3.05, 3.63) is 23.8 Å². The Morgan fingerprint density at radius 2 is 2.00 bits per heavy atom. The van der Waals surface area contributed by atoms with Crippen molar-refractivity contribution >= 4 is 27.6 Å². The number of aromatic carboxylic acids is 1. The monoisotopic (exact) mass is 302 g/mol. The Morgan fingerprint density at radius 1 is 1.40 bits per heavy atom. The summed E-state index contributed by atoms with van der Waals surface area (Å²) in [5.41, 5.74) is 5.23. The van der Waals surface area contributed by atoms with Crippen LogP contribution in [0, 0.1) is 0 Å². The van der Waals surface area contributed by atoms with Gasteiger partial charge >= 0.3 is 11.9 Å². The molecule has 1 rings (SSSR count). The second-order valence-corrected chi connectivity index (χ2v) is 5.91. The average Bonchev–Trinajstić information content (AvgIpc) is 2.37. The fraction of sp³-hybridized carbons (Fsp3) is 0.273. The summed E-state index contributed by atoms with van der Waals surface area (Å²) in [6, 6.07) is 3.25. The van der Waals surface area contributed by atoms with Crippen LogP contribution in [0.2, 0.25) is 0 Å². The van der Waals surface area contributed by atoms with E-state index in [1.165, 1.54) is 7.05 Å². The normalized spacial score (nSPS) is 11.3. The molecule has 0 amide bonds. The number of carbonyl (C=O) groups is 2. The van der Waals surface area contributed by atoms with E-state index in [1.807, 2.05) is 0 Å². The third-order valence-electron chi connectivity index (χ3n) is 2.52. The lowest BCUT2D eigenvalue weighted by Crippen LogP contribution is -2.33. The van der Waals surface area contributed by atoms with Crippen LogP contribution in [0.3, 0.4) is 0 Å². The number of hydrogen-bond acceptors (Lipinski definition) is 6. The lowest BCUT2D eigenvalue weighted by molar-refractivity contribution is -0.140. The fourth-order valence-electron chi connectivity index (χ4n) is 1.42. The van der Waals surface area contributed by atoms with Crippen molar-refractivity contribution in [1.29, 1.82) is 0 Å². The van der Waals surface area contributed by atoms with Gasteiger partial charge in [-0.25, -0.2) is 13.2 Å². The SMILES string of the molecule is COC(=O)CN(C)S(=O)(=O)c1ccc(C(=O)O)cc1N. The Kier molecular flexibility index (Phi) is 4.69. The molecule has 0 saturated carbocycles. The summed E-state index contributed by atoms with van der Waals surface area (Å²) in [5.74, 6) is -1.94. The molecule has 0 atom stereocenters. The molecule has 0 spiro atoms. The number of carboxylic acids is 1. The van der Waals surface area contributed by atoms with Crippen molar-refractivity contribution < 1.29 is 27.9 Å². The second-order valence-electron chi connectivity index (χ2n) is 3.89. The molecule has 0 unspecified atom stereocenters. The van der Waals surface area contributed by atoms with Crippen LogP contribution in [0.25, 0.3) is 0 Å². The highest BCUT2D eigenvalue weighted by atomic mass is 32.2. The summed E-state index contributed by atoms with van der Waals surface area (Å²) >= 11 is 0. The van der Waals surface area contributed by atoms with Crippen molar-refractivity contribution in [2.75, 3.05) is 26.4 Å². The molecular formula is C11H14N2O6S. The van der Waals surface area contributed by atoms with Crippen molar-refractivity contribution in [2.45, 2.75) is 4.90 Å². The van der Waals surface area contributed by atoms with E-state index in [0.717, 1.165) is 29.6 Å². The highest BCUT2D eigenvalue weighted by molar-refractivity contribution is 7.89. The largest absolute Gasteiger partial charge is 0.478 e. The molecule has 3 N–H and O–H groups in total. The molecule has 20 heavy (non-hydrogen) atoms. The first-order valence-electron chi connectivity index (χ1n) is 5.36. The van der Waals surface area contributed by atoms with Crippen LogP contribution in [0.4, 0.5) is 5.69 Å². The Balaban J connectivity index is 3.16. The number of benzene rings is 1. The van der Waals surface area contributed by atoms with E-state index in [0.29, 0.717) is 0 Å². The van der Waals surface area contributed by atoms with E-state index in [-0.39, 0.29) is 16.1 Å². The lowest BCUT2D eigenvalue weighted by Gasteiger charge is -2.17. The molecule has 0 aliphatic rings. The molecule has 0 aliphatic carbocycles. The van der Waals surface area contributed by atoms with Crippen molar-refractivity contribution in [2.24, 2.45) is 0 Å². The molecule has 8 nitrogen and oxygen atoms in total. The smallest absolute Gasteiger partial charge is 0.335 e. The summed E-state index contributed by atoms with van der Waals surface area (Å²) < 4.78 is 29.5. The number of anilines is 1. The first kappa shape index (κ1) is 15.9. The summed E-state index contributed by atoms with van der Waals surface area (Å²) in [5, 5.41) is 8.79. The average molecular weight is 302 g/mol. The number of likely N-dealkylation sites (N-methyl/N-ethyl adjacent to an activating group) is 1. The minimum atomic E-state index is -4.00. The Morgan fingerprint density at radius 3 is 2.45 bits per heavy atom. The maximum Gasteiger partial charge on any atom is 0.335 e. The van der Waals surface area contributed by atoms with E-state index in [1.54, 1.807) is 0 Å².